The zero-order valence-corrected chi connectivity index (χ0v) is 19.6. The highest BCUT2D eigenvalue weighted by Crippen LogP contribution is 2.36. The number of hydrogen-bond donors (Lipinski definition) is 0. The lowest BCUT2D eigenvalue weighted by Crippen LogP contribution is -1.96. The molecule has 0 bridgehead atoms. The monoisotopic (exact) mass is 477 g/mol. The van der Waals surface area contributed by atoms with Gasteiger partial charge in [-0.2, -0.15) is 0 Å². The summed E-state index contributed by atoms with van der Waals surface area (Å²) in [5, 5.41) is 5.54. The number of hydrogen-bond acceptors (Lipinski definition) is 4. The molecule has 0 N–H and O–H groups in total. The molecule has 174 valence electrons. The molecule has 6 nitrogen and oxygen atoms in total. The van der Waals surface area contributed by atoms with E-state index in [9.17, 15) is 0 Å². The van der Waals surface area contributed by atoms with Gasteiger partial charge in [-0.1, -0.05) is 24.3 Å². The molecule has 3 aromatic carbocycles. The summed E-state index contributed by atoms with van der Waals surface area (Å²) in [6, 6.07) is 30.8. The number of para-hydroxylation sites is 1. The lowest BCUT2D eigenvalue weighted by Gasteiger charge is -2.11. The maximum absolute atomic E-state index is 6.43. The highest BCUT2D eigenvalue weighted by atomic mass is 16.5. The minimum Gasteiger partial charge on any atom is -0.457 e. The smallest absolute Gasteiger partial charge is 0.146 e. The fourth-order valence-corrected chi connectivity index (χ4v) is 5.36. The molecule has 8 rings (SSSR count). The summed E-state index contributed by atoms with van der Waals surface area (Å²) in [7, 11) is 0. The second kappa shape index (κ2) is 7.63. The SMILES string of the molecule is c1ccc(-n2c3ccccc3c3ccc(Oc4ccc5c6cccnc6n6ccnc6c5c4)cc32)nc1. The van der Waals surface area contributed by atoms with E-state index >= 15 is 0 Å². The molecule has 0 aliphatic rings. The van der Waals surface area contributed by atoms with Crippen molar-refractivity contribution in [2.75, 3.05) is 0 Å². The first-order chi connectivity index (χ1) is 18.3. The van der Waals surface area contributed by atoms with Crippen molar-refractivity contribution in [3.8, 4) is 17.3 Å². The molecule has 5 aromatic heterocycles. The summed E-state index contributed by atoms with van der Waals surface area (Å²) < 4.78 is 10.6. The largest absolute Gasteiger partial charge is 0.457 e. The molecule has 37 heavy (non-hydrogen) atoms. The van der Waals surface area contributed by atoms with Crippen molar-refractivity contribution in [3.05, 3.63) is 116 Å². The molecule has 0 amide bonds. The molecule has 0 saturated carbocycles. The molecule has 6 heteroatoms. The van der Waals surface area contributed by atoms with Gasteiger partial charge in [0.15, 0.2) is 0 Å². The van der Waals surface area contributed by atoms with Gasteiger partial charge in [0.1, 0.15) is 28.6 Å². The van der Waals surface area contributed by atoms with Gasteiger partial charge in [-0.15, -0.1) is 0 Å². The van der Waals surface area contributed by atoms with Crippen LogP contribution in [0.15, 0.2) is 116 Å². The number of ether oxygens (including phenoxy) is 1. The second-order valence-electron chi connectivity index (χ2n) is 9.02. The topological polar surface area (TPSA) is 57.2 Å². The number of imidazole rings is 1. The Morgan fingerprint density at radius 1 is 0.514 bits per heavy atom. The fourth-order valence-electron chi connectivity index (χ4n) is 5.36. The van der Waals surface area contributed by atoms with Gasteiger partial charge in [0.05, 0.1) is 11.0 Å². The van der Waals surface area contributed by atoms with Crippen molar-refractivity contribution < 1.29 is 4.74 Å². The van der Waals surface area contributed by atoms with E-state index in [1.807, 2.05) is 59.4 Å². The van der Waals surface area contributed by atoms with E-state index in [0.717, 1.165) is 61.2 Å². The molecule has 5 heterocycles. The first kappa shape index (κ1) is 20.0. The van der Waals surface area contributed by atoms with E-state index in [2.05, 4.69) is 74.1 Å². The van der Waals surface area contributed by atoms with Gasteiger partial charge in [0.25, 0.3) is 0 Å². The molecule has 0 saturated heterocycles. The Hall–Kier alpha value is -5.23. The quantitative estimate of drug-likeness (QED) is 0.250. The normalized spacial score (nSPS) is 11.8. The first-order valence-electron chi connectivity index (χ1n) is 12.1. The van der Waals surface area contributed by atoms with Gasteiger partial charge >= 0.3 is 0 Å². The average Bonchev–Trinajstić information content (AvgIpc) is 3.57. The summed E-state index contributed by atoms with van der Waals surface area (Å²) in [6.07, 6.45) is 7.38. The maximum atomic E-state index is 6.43. The summed E-state index contributed by atoms with van der Waals surface area (Å²) >= 11 is 0. The Labute approximate surface area is 211 Å². The molecular formula is C31H19N5O. The molecule has 0 aliphatic heterocycles. The van der Waals surface area contributed by atoms with Gasteiger partial charge < -0.3 is 4.74 Å². The molecule has 0 spiro atoms. The van der Waals surface area contributed by atoms with Crippen LogP contribution in [0.3, 0.4) is 0 Å². The van der Waals surface area contributed by atoms with Crippen LogP contribution in [0, 0.1) is 0 Å². The van der Waals surface area contributed by atoms with Crippen LogP contribution in [-0.2, 0) is 0 Å². The summed E-state index contributed by atoms with van der Waals surface area (Å²) in [4.78, 5) is 13.8. The highest BCUT2D eigenvalue weighted by molar-refractivity contribution is 6.11. The van der Waals surface area contributed by atoms with E-state index in [-0.39, 0.29) is 0 Å². The van der Waals surface area contributed by atoms with Crippen molar-refractivity contribution >= 4 is 49.3 Å². The minimum atomic E-state index is 0.750. The van der Waals surface area contributed by atoms with Gasteiger partial charge in [0, 0.05) is 52.4 Å². The van der Waals surface area contributed by atoms with E-state index in [1.54, 1.807) is 6.20 Å². The van der Waals surface area contributed by atoms with Gasteiger partial charge in [-0.3, -0.25) is 8.97 Å². The summed E-state index contributed by atoms with van der Waals surface area (Å²) in [6.45, 7) is 0. The van der Waals surface area contributed by atoms with Crippen molar-refractivity contribution in [1.82, 2.24) is 23.9 Å². The Morgan fingerprint density at radius 3 is 2.16 bits per heavy atom. The number of benzene rings is 3. The first-order valence-corrected chi connectivity index (χ1v) is 12.1. The van der Waals surface area contributed by atoms with Crippen LogP contribution in [0.25, 0.3) is 55.1 Å². The molecule has 8 aromatic rings. The third-order valence-electron chi connectivity index (χ3n) is 6.94. The van der Waals surface area contributed by atoms with Crippen molar-refractivity contribution in [2.45, 2.75) is 0 Å². The Morgan fingerprint density at radius 2 is 1.24 bits per heavy atom. The van der Waals surface area contributed by atoms with Crippen molar-refractivity contribution in [3.63, 3.8) is 0 Å². The number of fused-ring (bicyclic) bond motifs is 9. The number of rotatable bonds is 3. The van der Waals surface area contributed by atoms with Gasteiger partial charge in [0.2, 0.25) is 0 Å². The molecular weight excluding hydrogens is 458 g/mol. The second-order valence-corrected chi connectivity index (χ2v) is 9.02. The van der Waals surface area contributed by atoms with E-state index < -0.39 is 0 Å². The molecule has 0 unspecified atom stereocenters. The Kier molecular flexibility index (Phi) is 4.13. The van der Waals surface area contributed by atoms with Crippen molar-refractivity contribution in [1.29, 1.82) is 0 Å². The minimum absolute atomic E-state index is 0.750. The van der Waals surface area contributed by atoms with Crippen LogP contribution in [-0.4, -0.2) is 23.9 Å². The zero-order chi connectivity index (χ0) is 24.3. The predicted octanol–water partition coefficient (Wildman–Crippen LogP) is 7.32. The van der Waals surface area contributed by atoms with E-state index in [4.69, 9.17) is 4.74 Å². The van der Waals surface area contributed by atoms with Crippen LogP contribution < -0.4 is 4.74 Å². The summed E-state index contributed by atoms with van der Waals surface area (Å²) in [5.41, 5.74) is 3.91. The summed E-state index contributed by atoms with van der Waals surface area (Å²) in [5.74, 6) is 2.38. The Bertz CT molecular complexity index is 2130. The molecule has 0 radical (unpaired) electrons. The third-order valence-corrected chi connectivity index (χ3v) is 6.94. The highest BCUT2D eigenvalue weighted by Gasteiger charge is 2.15. The van der Waals surface area contributed by atoms with E-state index in [0.29, 0.717) is 0 Å². The molecule has 0 fully saturated rings. The fraction of sp³-hybridized carbons (Fsp3) is 0. The zero-order valence-electron chi connectivity index (χ0n) is 19.6. The number of aromatic nitrogens is 5. The molecule has 0 aliphatic carbocycles. The van der Waals surface area contributed by atoms with Gasteiger partial charge in [-0.05, 0) is 66.0 Å². The lowest BCUT2D eigenvalue weighted by atomic mass is 10.1. The van der Waals surface area contributed by atoms with Crippen LogP contribution in [0.5, 0.6) is 11.5 Å². The molecule has 0 atom stereocenters. The third kappa shape index (κ3) is 2.96. The Balaban J connectivity index is 1.30. The van der Waals surface area contributed by atoms with Crippen LogP contribution in [0.2, 0.25) is 0 Å². The van der Waals surface area contributed by atoms with E-state index in [1.165, 1.54) is 5.39 Å². The standard InChI is InChI=1S/C31H19N5O/c1-2-8-27-23(6-1)24-13-11-21(19-28(24)36(27)29-9-3-4-14-32-29)37-20-10-12-22-25-7-5-15-33-30(25)35-17-16-34-31(35)26(22)18-20/h1-19H. The van der Waals surface area contributed by atoms with Crippen LogP contribution in [0.1, 0.15) is 0 Å². The van der Waals surface area contributed by atoms with Crippen LogP contribution >= 0.6 is 0 Å². The predicted molar refractivity (Wildman–Crippen MR) is 147 cm³/mol. The average molecular weight is 478 g/mol. The maximum Gasteiger partial charge on any atom is 0.146 e. The van der Waals surface area contributed by atoms with Gasteiger partial charge in [-0.25, -0.2) is 15.0 Å². The number of pyridine rings is 3. The lowest BCUT2D eigenvalue weighted by molar-refractivity contribution is 0.484. The number of nitrogens with zero attached hydrogens (tertiary/aromatic N) is 5. The van der Waals surface area contributed by atoms with Crippen molar-refractivity contribution in [2.24, 2.45) is 0 Å². The van der Waals surface area contributed by atoms with Crippen LogP contribution in [0.4, 0.5) is 0 Å².